The number of hydrogen-bond acceptors (Lipinski definition) is 2. The molecule has 0 unspecified atom stereocenters. The Hall–Kier alpha value is -0.860. The van der Waals surface area contributed by atoms with Crippen LogP contribution in [0.2, 0.25) is 0 Å². The molecule has 1 rings (SSSR count). The van der Waals surface area contributed by atoms with Crippen LogP contribution in [0.3, 0.4) is 0 Å². The van der Waals surface area contributed by atoms with E-state index in [1.165, 1.54) is 0 Å². The second-order valence-electron chi connectivity index (χ2n) is 3.14. The Labute approximate surface area is 73.0 Å². The quantitative estimate of drug-likeness (QED) is 0.712. The molecule has 0 radical (unpaired) electrons. The molecule has 0 heterocycles. The van der Waals surface area contributed by atoms with E-state index in [1.54, 1.807) is 0 Å². The molecule has 0 aliphatic carbocycles. The first-order valence-corrected chi connectivity index (χ1v) is 4.18. The maximum absolute atomic E-state index is 9.61. The molecule has 66 valence electrons. The van der Waals surface area contributed by atoms with Crippen molar-refractivity contribution in [3.8, 4) is 0 Å². The Morgan fingerprint density at radius 2 is 1.92 bits per heavy atom. The zero-order valence-corrected chi connectivity index (χ0v) is 7.27. The van der Waals surface area contributed by atoms with Crippen LogP contribution in [0, 0.1) is 0 Å². The Bertz CT molecular complexity index is 221. The molecule has 0 saturated carbocycles. The van der Waals surface area contributed by atoms with Crippen molar-refractivity contribution in [3.63, 3.8) is 0 Å². The standard InChI is InChI=1S/C10H15NO/c1-8(11)7-10(12)9-5-3-2-4-6-9/h2-6,8,10,12H,7,11H2,1H3/t8-,10-/m1/s1. The highest BCUT2D eigenvalue weighted by molar-refractivity contribution is 5.17. The predicted octanol–water partition coefficient (Wildman–Crippen LogP) is 1.46. The molecule has 2 heteroatoms. The number of aliphatic hydroxyl groups is 1. The molecular weight excluding hydrogens is 150 g/mol. The molecule has 0 fully saturated rings. The SMILES string of the molecule is C[C@@H](N)C[C@@H](O)c1ccccc1. The van der Waals surface area contributed by atoms with Gasteiger partial charge in [0.25, 0.3) is 0 Å². The van der Waals surface area contributed by atoms with E-state index in [0.717, 1.165) is 5.56 Å². The van der Waals surface area contributed by atoms with Crippen molar-refractivity contribution in [1.29, 1.82) is 0 Å². The van der Waals surface area contributed by atoms with E-state index in [1.807, 2.05) is 37.3 Å². The summed E-state index contributed by atoms with van der Waals surface area (Å²) < 4.78 is 0. The maximum atomic E-state index is 9.61. The molecule has 1 aromatic rings. The first-order valence-electron chi connectivity index (χ1n) is 4.18. The normalized spacial score (nSPS) is 15.6. The maximum Gasteiger partial charge on any atom is 0.0804 e. The smallest absolute Gasteiger partial charge is 0.0804 e. The van der Waals surface area contributed by atoms with Crippen LogP contribution in [0.25, 0.3) is 0 Å². The molecular formula is C10H15NO. The van der Waals surface area contributed by atoms with E-state index in [-0.39, 0.29) is 6.04 Å². The molecule has 0 saturated heterocycles. The minimum Gasteiger partial charge on any atom is -0.388 e. The van der Waals surface area contributed by atoms with Crippen LogP contribution in [-0.2, 0) is 0 Å². The van der Waals surface area contributed by atoms with Gasteiger partial charge in [-0.15, -0.1) is 0 Å². The lowest BCUT2D eigenvalue weighted by molar-refractivity contribution is 0.160. The molecule has 0 spiro atoms. The molecule has 2 nitrogen and oxygen atoms in total. The number of aliphatic hydroxyl groups excluding tert-OH is 1. The molecule has 0 bridgehead atoms. The third kappa shape index (κ3) is 2.64. The van der Waals surface area contributed by atoms with Gasteiger partial charge in [-0.1, -0.05) is 30.3 Å². The molecule has 2 atom stereocenters. The number of nitrogens with two attached hydrogens (primary N) is 1. The van der Waals surface area contributed by atoms with Gasteiger partial charge in [0.15, 0.2) is 0 Å². The summed E-state index contributed by atoms with van der Waals surface area (Å²) in [5.74, 6) is 0. The van der Waals surface area contributed by atoms with Crippen LogP contribution >= 0.6 is 0 Å². The van der Waals surface area contributed by atoms with Gasteiger partial charge >= 0.3 is 0 Å². The monoisotopic (exact) mass is 165 g/mol. The Morgan fingerprint density at radius 3 is 2.42 bits per heavy atom. The van der Waals surface area contributed by atoms with Gasteiger partial charge in [-0.05, 0) is 18.9 Å². The summed E-state index contributed by atoms with van der Waals surface area (Å²) in [6.07, 6.45) is 0.190. The van der Waals surface area contributed by atoms with Crippen molar-refractivity contribution in [2.45, 2.75) is 25.5 Å². The number of rotatable bonds is 3. The van der Waals surface area contributed by atoms with Crippen molar-refractivity contribution in [1.82, 2.24) is 0 Å². The zero-order chi connectivity index (χ0) is 8.97. The van der Waals surface area contributed by atoms with Crippen molar-refractivity contribution >= 4 is 0 Å². The summed E-state index contributed by atoms with van der Waals surface area (Å²) in [7, 11) is 0. The number of benzene rings is 1. The van der Waals surface area contributed by atoms with Gasteiger partial charge in [-0.3, -0.25) is 0 Å². The topological polar surface area (TPSA) is 46.2 Å². The third-order valence-electron chi connectivity index (χ3n) is 1.78. The first kappa shape index (κ1) is 9.23. The van der Waals surface area contributed by atoms with E-state index >= 15 is 0 Å². The van der Waals surface area contributed by atoms with Gasteiger partial charge in [0.1, 0.15) is 0 Å². The minimum absolute atomic E-state index is 0.0419. The Kier molecular flexibility index (Phi) is 3.26. The Balaban J connectivity index is 2.59. The summed E-state index contributed by atoms with van der Waals surface area (Å²) in [6, 6.07) is 9.63. The van der Waals surface area contributed by atoms with Gasteiger partial charge in [-0.25, -0.2) is 0 Å². The van der Waals surface area contributed by atoms with E-state index < -0.39 is 6.10 Å². The van der Waals surface area contributed by atoms with Gasteiger partial charge in [0.2, 0.25) is 0 Å². The minimum atomic E-state index is -0.425. The third-order valence-corrected chi connectivity index (χ3v) is 1.78. The lowest BCUT2D eigenvalue weighted by Gasteiger charge is -2.12. The van der Waals surface area contributed by atoms with Crippen molar-refractivity contribution in [2.24, 2.45) is 5.73 Å². The fraction of sp³-hybridized carbons (Fsp3) is 0.400. The average molecular weight is 165 g/mol. The second kappa shape index (κ2) is 4.24. The highest BCUT2D eigenvalue weighted by atomic mass is 16.3. The largest absolute Gasteiger partial charge is 0.388 e. The summed E-state index contributed by atoms with van der Waals surface area (Å²) >= 11 is 0. The van der Waals surface area contributed by atoms with Crippen molar-refractivity contribution in [2.75, 3.05) is 0 Å². The zero-order valence-electron chi connectivity index (χ0n) is 7.27. The molecule has 0 aliphatic heterocycles. The van der Waals surface area contributed by atoms with Gasteiger partial charge in [0.05, 0.1) is 6.10 Å². The van der Waals surface area contributed by atoms with Gasteiger partial charge < -0.3 is 10.8 Å². The molecule has 3 N–H and O–H groups in total. The summed E-state index contributed by atoms with van der Waals surface area (Å²) in [5.41, 5.74) is 6.51. The van der Waals surface area contributed by atoms with Crippen molar-refractivity contribution < 1.29 is 5.11 Å². The summed E-state index contributed by atoms with van der Waals surface area (Å²) in [4.78, 5) is 0. The lowest BCUT2D eigenvalue weighted by atomic mass is 10.0. The van der Waals surface area contributed by atoms with Crippen LogP contribution in [0.15, 0.2) is 30.3 Å². The highest BCUT2D eigenvalue weighted by Gasteiger charge is 2.08. The molecule has 0 aliphatic rings. The van der Waals surface area contributed by atoms with Crippen LogP contribution in [0.1, 0.15) is 25.0 Å². The lowest BCUT2D eigenvalue weighted by Crippen LogP contribution is -2.18. The fourth-order valence-electron chi connectivity index (χ4n) is 1.16. The molecule has 0 amide bonds. The van der Waals surface area contributed by atoms with Gasteiger partial charge in [0, 0.05) is 6.04 Å². The molecule has 12 heavy (non-hydrogen) atoms. The van der Waals surface area contributed by atoms with Crippen LogP contribution in [0.5, 0.6) is 0 Å². The van der Waals surface area contributed by atoms with E-state index in [9.17, 15) is 5.11 Å². The van der Waals surface area contributed by atoms with E-state index in [4.69, 9.17) is 5.73 Å². The van der Waals surface area contributed by atoms with E-state index in [2.05, 4.69) is 0 Å². The summed E-state index contributed by atoms with van der Waals surface area (Å²) in [6.45, 7) is 1.90. The van der Waals surface area contributed by atoms with Crippen LogP contribution in [-0.4, -0.2) is 11.1 Å². The molecule has 0 aromatic heterocycles. The van der Waals surface area contributed by atoms with Gasteiger partial charge in [-0.2, -0.15) is 0 Å². The van der Waals surface area contributed by atoms with Crippen molar-refractivity contribution in [3.05, 3.63) is 35.9 Å². The van der Waals surface area contributed by atoms with E-state index in [0.29, 0.717) is 6.42 Å². The second-order valence-corrected chi connectivity index (χ2v) is 3.14. The first-order chi connectivity index (χ1) is 5.70. The predicted molar refractivity (Wildman–Crippen MR) is 49.7 cm³/mol. The van der Waals surface area contributed by atoms with Crippen LogP contribution in [0.4, 0.5) is 0 Å². The fourth-order valence-corrected chi connectivity index (χ4v) is 1.16. The van der Waals surface area contributed by atoms with Crippen LogP contribution < -0.4 is 5.73 Å². The summed E-state index contributed by atoms with van der Waals surface area (Å²) in [5, 5.41) is 9.61. The highest BCUT2D eigenvalue weighted by Crippen LogP contribution is 2.16. The Morgan fingerprint density at radius 1 is 1.33 bits per heavy atom. The molecule has 1 aromatic carbocycles. The average Bonchev–Trinajstić information content (AvgIpc) is 2.05. The number of hydrogen-bond donors (Lipinski definition) is 2.